The van der Waals surface area contributed by atoms with Gasteiger partial charge in [0.15, 0.2) is 0 Å². The standard InChI is InChI=1S/C33H48N2O3/c1-22-17-23(2)19-24(18-22)30(37)35-15-13-34(14-16-35)21-33(38)12-11-31(3)25(20-33)5-6-26-27-7-8-29(36)32(27,4)10-9-28(26)31/h17-19,25-28,38H,5-16,20-21H2,1-4H3/t25-,26-,27-,28-,31-,32-,33+/m0/s1. The van der Waals surface area contributed by atoms with Crippen molar-refractivity contribution < 1.29 is 14.7 Å². The lowest BCUT2D eigenvalue weighted by Crippen LogP contribution is -2.59. The van der Waals surface area contributed by atoms with Crippen LogP contribution in [0.4, 0.5) is 0 Å². The lowest BCUT2D eigenvalue weighted by molar-refractivity contribution is -0.157. The van der Waals surface area contributed by atoms with E-state index in [1.165, 1.54) is 19.3 Å². The minimum atomic E-state index is -0.622. The largest absolute Gasteiger partial charge is 0.389 e. The van der Waals surface area contributed by atoms with E-state index in [0.717, 1.165) is 93.9 Å². The highest BCUT2D eigenvalue weighted by Crippen LogP contribution is 2.66. The lowest BCUT2D eigenvalue weighted by atomic mass is 9.44. The van der Waals surface area contributed by atoms with Crippen LogP contribution in [-0.2, 0) is 4.79 Å². The highest BCUT2D eigenvalue weighted by atomic mass is 16.3. The van der Waals surface area contributed by atoms with Crippen molar-refractivity contribution in [3.05, 3.63) is 34.9 Å². The Morgan fingerprint density at radius 1 is 0.921 bits per heavy atom. The molecule has 0 unspecified atom stereocenters. The van der Waals surface area contributed by atoms with Crippen LogP contribution in [-0.4, -0.2) is 64.9 Å². The maximum absolute atomic E-state index is 13.1. The smallest absolute Gasteiger partial charge is 0.253 e. The van der Waals surface area contributed by atoms with Gasteiger partial charge in [-0.2, -0.15) is 0 Å². The predicted molar refractivity (Wildman–Crippen MR) is 150 cm³/mol. The van der Waals surface area contributed by atoms with Gasteiger partial charge in [-0.25, -0.2) is 0 Å². The Balaban J connectivity index is 1.07. The summed E-state index contributed by atoms with van der Waals surface area (Å²) in [4.78, 5) is 30.2. The molecule has 1 N–H and O–H groups in total. The molecule has 5 heteroatoms. The Morgan fingerprint density at radius 3 is 2.34 bits per heavy atom. The van der Waals surface area contributed by atoms with E-state index in [4.69, 9.17) is 0 Å². The molecule has 5 aliphatic rings. The number of piperazine rings is 1. The maximum Gasteiger partial charge on any atom is 0.253 e. The summed E-state index contributed by atoms with van der Waals surface area (Å²) in [5.41, 5.74) is 2.68. The van der Waals surface area contributed by atoms with Gasteiger partial charge in [-0.1, -0.05) is 31.0 Å². The minimum absolute atomic E-state index is 0.0541. The third-order valence-corrected chi connectivity index (χ3v) is 12.2. The van der Waals surface area contributed by atoms with Crippen LogP contribution in [0.2, 0.25) is 0 Å². The van der Waals surface area contributed by atoms with Crippen LogP contribution >= 0.6 is 0 Å². The molecule has 208 valence electrons. The second-order valence-electron chi connectivity index (χ2n) is 14.4. The highest BCUT2D eigenvalue weighted by molar-refractivity contribution is 5.94. The van der Waals surface area contributed by atoms with E-state index in [2.05, 4.69) is 24.8 Å². The molecule has 6 rings (SSSR count). The Bertz CT molecular complexity index is 1090. The lowest BCUT2D eigenvalue weighted by Gasteiger charge is -2.61. The van der Waals surface area contributed by atoms with E-state index >= 15 is 0 Å². The Hall–Kier alpha value is -1.72. The van der Waals surface area contributed by atoms with Gasteiger partial charge in [0.05, 0.1) is 5.60 Å². The molecule has 0 aromatic heterocycles. The zero-order chi connectivity index (χ0) is 26.9. The summed E-state index contributed by atoms with van der Waals surface area (Å²) < 4.78 is 0. The molecule has 38 heavy (non-hydrogen) atoms. The number of benzene rings is 1. The quantitative estimate of drug-likeness (QED) is 0.579. The average molecular weight is 521 g/mol. The SMILES string of the molecule is Cc1cc(C)cc(C(=O)N2CCN(C[C@@]3(O)CC[C@@]4(C)[C@@H](CC[C@@H]5[C@@H]4CC[C@]4(C)C(=O)CC[C@@H]54)C3)CC2)c1. The Kier molecular flexibility index (Phi) is 6.58. The number of aryl methyl sites for hydroxylation is 2. The number of nitrogens with zero attached hydrogens (tertiary/aromatic N) is 2. The van der Waals surface area contributed by atoms with Crippen LogP contribution in [0.5, 0.6) is 0 Å². The van der Waals surface area contributed by atoms with Crippen molar-refractivity contribution in [2.45, 2.75) is 91.1 Å². The summed E-state index contributed by atoms with van der Waals surface area (Å²) in [6.07, 6.45) is 9.54. The number of hydrogen-bond donors (Lipinski definition) is 1. The number of aliphatic hydroxyl groups is 1. The molecular formula is C33H48N2O3. The second kappa shape index (κ2) is 9.44. The molecule has 1 heterocycles. The first kappa shape index (κ1) is 26.5. The van der Waals surface area contributed by atoms with E-state index in [0.29, 0.717) is 29.0 Å². The molecule has 4 aliphatic carbocycles. The van der Waals surface area contributed by atoms with Gasteiger partial charge in [-0.3, -0.25) is 14.5 Å². The van der Waals surface area contributed by atoms with Crippen LogP contribution in [0.3, 0.4) is 0 Å². The first-order valence-corrected chi connectivity index (χ1v) is 15.4. The zero-order valence-corrected chi connectivity index (χ0v) is 24.1. The summed E-state index contributed by atoms with van der Waals surface area (Å²) in [6, 6.07) is 6.10. The number of rotatable bonds is 3. The first-order chi connectivity index (χ1) is 18.0. The number of hydrogen-bond acceptors (Lipinski definition) is 4. The van der Waals surface area contributed by atoms with Gasteiger partial charge in [-0.15, -0.1) is 0 Å². The van der Waals surface area contributed by atoms with E-state index in [1.807, 2.05) is 30.9 Å². The number of carbonyl (C=O) groups is 2. The predicted octanol–water partition coefficient (Wildman–Crippen LogP) is 5.40. The molecule has 1 aliphatic heterocycles. The first-order valence-electron chi connectivity index (χ1n) is 15.4. The van der Waals surface area contributed by atoms with Crippen molar-refractivity contribution in [2.75, 3.05) is 32.7 Å². The molecular weight excluding hydrogens is 472 g/mol. The number of amides is 1. The van der Waals surface area contributed by atoms with Crippen LogP contribution < -0.4 is 0 Å². The summed E-state index contributed by atoms with van der Waals surface area (Å²) in [6.45, 7) is 12.7. The summed E-state index contributed by atoms with van der Waals surface area (Å²) in [5.74, 6) is 3.26. The molecule has 0 bridgehead atoms. The fourth-order valence-corrected chi connectivity index (χ4v) is 10.0. The molecule has 0 radical (unpaired) electrons. The molecule has 1 saturated heterocycles. The molecule has 7 atom stereocenters. The Labute approximate surface area is 229 Å². The van der Waals surface area contributed by atoms with Crippen molar-refractivity contribution in [1.82, 2.24) is 9.80 Å². The van der Waals surface area contributed by atoms with E-state index in [9.17, 15) is 14.7 Å². The zero-order valence-electron chi connectivity index (χ0n) is 24.1. The fraction of sp³-hybridized carbons (Fsp3) is 0.758. The number of carbonyl (C=O) groups excluding carboxylic acids is 2. The van der Waals surface area contributed by atoms with Gasteiger partial charge in [0.1, 0.15) is 5.78 Å². The number of ketones is 1. The third-order valence-electron chi connectivity index (χ3n) is 12.2. The molecule has 5 fully saturated rings. The summed E-state index contributed by atoms with van der Waals surface area (Å²) in [5, 5.41) is 11.8. The topological polar surface area (TPSA) is 60.9 Å². The van der Waals surface area contributed by atoms with Gasteiger partial charge in [0, 0.05) is 50.1 Å². The molecule has 5 nitrogen and oxygen atoms in total. The molecule has 1 aromatic carbocycles. The van der Waals surface area contributed by atoms with Gasteiger partial charge in [0.25, 0.3) is 5.91 Å². The van der Waals surface area contributed by atoms with Gasteiger partial charge >= 0.3 is 0 Å². The monoisotopic (exact) mass is 520 g/mol. The summed E-state index contributed by atoms with van der Waals surface area (Å²) in [7, 11) is 0. The van der Waals surface area contributed by atoms with Crippen LogP contribution in [0.25, 0.3) is 0 Å². The van der Waals surface area contributed by atoms with E-state index < -0.39 is 5.60 Å². The molecule has 1 amide bonds. The molecule has 4 saturated carbocycles. The minimum Gasteiger partial charge on any atom is -0.389 e. The summed E-state index contributed by atoms with van der Waals surface area (Å²) >= 11 is 0. The number of Topliss-reactive ketones (excluding diaryl/α,β-unsaturated/α-hetero) is 1. The fourth-order valence-electron chi connectivity index (χ4n) is 10.0. The third kappa shape index (κ3) is 4.36. The molecule has 0 spiro atoms. The van der Waals surface area contributed by atoms with E-state index in [-0.39, 0.29) is 11.3 Å². The van der Waals surface area contributed by atoms with Crippen LogP contribution in [0, 0.1) is 48.3 Å². The highest BCUT2D eigenvalue weighted by Gasteiger charge is 2.61. The number of fused-ring (bicyclic) bond motifs is 5. The maximum atomic E-state index is 13.1. The Morgan fingerprint density at radius 2 is 1.63 bits per heavy atom. The van der Waals surface area contributed by atoms with Gasteiger partial charge in [0.2, 0.25) is 0 Å². The van der Waals surface area contributed by atoms with Crippen LogP contribution in [0.15, 0.2) is 18.2 Å². The van der Waals surface area contributed by atoms with Crippen LogP contribution in [0.1, 0.15) is 93.1 Å². The van der Waals surface area contributed by atoms with Gasteiger partial charge < -0.3 is 10.0 Å². The number of β-amino-alcohol motifs (C(OH)–C–C–N with tert-alkyl or cyclic N) is 1. The van der Waals surface area contributed by atoms with Crippen molar-refractivity contribution in [3.8, 4) is 0 Å². The van der Waals surface area contributed by atoms with E-state index in [1.54, 1.807) is 0 Å². The van der Waals surface area contributed by atoms with Crippen molar-refractivity contribution in [2.24, 2.45) is 34.5 Å². The second-order valence-corrected chi connectivity index (χ2v) is 14.4. The normalized spacial score (nSPS) is 41.4. The van der Waals surface area contributed by atoms with Crippen molar-refractivity contribution in [3.63, 3.8) is 0 Å². The van der Waals surface area contributed by atoms with Crippen molar-refractivity contribution in [1.29, 1.82) is 0 Å². The average Bonchev–Trinajstić information content (AvgIpc) is 3.18. The van der Waals surface area contributed by atoms with Gasteiger partial charge in [-0.05, 0) is 106 Å². The van der Waals surface area contributed by atoms with Crippen molar-refractivity contribution >= 4 is 11.7 Å². The molecule has 1 aromatic rings.